The standard InChI is InChI=1S/C24H25N3O3/c1-3-4-5-9-20(28)21-22(16-8-6-7-15(2)12-16)27(24(30)23(21)29)17-10-11-18-19(13-17)26-14-25-18/h6-8,10-14,29-30H,3-5,9H2,1-2H3,(H,25,26). The van der Waals surface area contributed by atoms with E-state index in [1.807, 2.05) is 49.4 Å². The molecule has 0 spiro atoms. The number of fused-ring (bicyclic) bond motifs is 1. The van der Waals surface area contributed by atoms with Crippen molar-refractivity contribution in [2.75, 3.05) is 0 Å². The Hall–Kier alpha value is -3.54. The summed E-state index contributed by atoms with van der Waals surface area (Å²) in [6.07, 6.45) is 4.61. The number of H-pyrrole nitrogens is 1. The summed E-state index contributed by atoms with van der Waals surface area (Å²) in [5, 5.41) is 21.6. The highest BCUT2D eigenvalue weighted by Gasteiger charge is 2.29. The van der Waals surface area contributed by atoms with E-state index < -0.39 is 0 Å². The van der Waals surface area contributed by atoms with Gasteiger partial charge in [0.25, 0.3) is 0 Å². The molecule has 0 bridgehead atoms. The first-order valence-electron chi connectivity index (χ1n) is 10.2. The number of carbonyl (C=O) groups is 1. The molecule has 2 heterocycles. The molecule has 0 unspecified atom stereocenters. The maximum Gasteiger partial charge on any atom is 0.240 e. The van der Waals surface area contributed by atoms with Crippen LogP contribution in [0.2, 0.25) is 0 Å². The molecule has 6 nitrogen and oxygen atoms in total. The van der Waals surface area contributed by atoms with Gasteiger partial charge in [-0.3, -0.25) is 9.36 Å². The minimum absolute atomic E-state index is 0.166. The quantitative estimate of drug-likeness (QED) is 0.280. The number of rotatable bonds is 7. The zero-order valence-corrected chi connectivity index (χ0v) is 17.1. The van der Waals surface area contributed by atoms with Crippen LogP contribution in [0.5, 0.6) is 11.6 Å². The van der Waals surface area contributed by atoms with Crippen LogP contribution in [0.15, 0.2) is 48.8 Å². The summed E-state index contributed by atoms with van der Waals surface area (Å²) >= 11 is 0. The van der Waals surface area contributed by atoms with E-state index >= 15 is 0 Å². The number of benzene rings is 2. The third-order valence-electron chi connectivity index (χ3n) is 5.36. The molecular weight excluding hydrogens is 378 g/mol. The number of aromatic nitrogens is 3. The summed E-state index contributed by atoms with van der Waals surface area (Å²) in [7, 11) is 0. The normalized spacial score (nSPS) is 11.3. The van der Waals surface area contributed by atoms with Crippen molar-refractivity contribution in [3.63, 3.8) is 0 Å². The molecule has 0 saturated carbocycles. The van der Waals surface area contributed by atoms with Gasteiger partial charge in [-0.15, -0.1) is 0 Å². The molecule has 2 aromatic carbocycles. The first-order chi connectivity index (χ1) is 14.5. The Morgan fingerprint density at radius 2 is 1.97 bits per heavy atom. The number of aromatic hydroxyl groups is 2. The van der Waals surface area contributed by atoms with Gasteiger partial charge in [-0.25, -0.2) is 4.98 Å². The van der Waals surface area contributed by atoms with E-state index in [-0.39, 0.29) is 23.0 Å². The predicted molar refractivity (Wildman–Crippen MR) is 117 cm³/mol. The maximum atomic E-state index is 13.1. The summed E-state index contributed by atoms with van der Waals surface area (Å²) in [6, 6.07) is 13.2. The van der Waals surface area contributed by atoms with Crippen molar-refractivity contribution in [2.45, 2.75) is 39.5 Å². The molecule has 6 heteroatoms. The molecule has 0 aliphatic carbocycles. The van der Waals surface area contributed by atoms with Gasteiger partial charge < -0.3 is 15.2 Å². The van der Waals surface area contributed by atoms with Crippen LogP contribution >= 0.6 is 0 Å². The third kappa shape index (κ3) is 3.45. The molecule has 0 aliphatic heterocycles. The Morgan fingerprint density at radius 1 is 1.13 bits per heavy atom. The van der Waals surface area contributed by atoms with Crippen LogP contribution in [0, 0.1) is 6.92 Å². The van der Waals surface area contributed by atoms with Gasteiger partial charge in [-0.05, 0) is 43.2 Å². The van der Waals surface area contributed by atoms with Gasteiger partial charge in [0.05, 0.1) is 34.3 Å². The van der Waals surface area contributed by atoms with Crippen LogP contribution in [0.25, 0.3) is 28.0 Å². The van der Waals surface area contributed by atoms with E-state index in [2.05, 4.69) is 16.9 Å². The summed E-state index contributed by atoms with van der Waals surface area (Å²) in [5.41, 5.74) is 4.66. The van der Waals surface area contributed by atoms with E-state index in [4.69, 9.17) is 0 Å². The maximum absolute atomic E-state index is 13.1. The van der Waals surface area contributed by atoms with Crippen LogP contribution in [0.4, 0.5) is 0 Å². The minimum atomic E-state index is -0.377. The van der Waals surface area contributed by atoms with E-state index in [9.17, 15) is 15.0 Å². The number of carbonyl (C=O) groups excluding carboxylic acids is 1. The van der Waals surface area contributed by atoms with Crippen molar-refractivity contribution in [1.29, 1.82) is 0 Å². The number of aryl methyl sites for hydroxylation is 1. The van der Waals surface area contributed by atoms with Crippen molar-refractivity contribution >= 4 is 16.8 Å². The highest BCUT2D eigenvalue weighted by Crippen LogP contribution is 2.44. The molecular formula is C24H25N3O3. The van der Waals surface area contributed by atoms with Gasteiger partial charge in [-0.2, -0.15) is 0 Å². The molecule has 30 heavy (non-hydrogen) atoms. The van der Waals surface area contributed by atoms with Crippen molar-refractivity contribution in [3.05, 3.63) is 59.9 Å². The Morgan fingerprint density at radius 3 is 2.73 bits per heavy atom. The van der Waals surface area contributed by atoms with Crippen molar-refractivity contribution in [1.82, 2.24) is 14.5 Å². The number of ketones is 1. The van der Waals surface area contributed by atoms with E-state index in [0.717, 1.165) is 41.4 Å². The lowest BCUT2D eigenvalue weighted by Gasteiger charge is -2.13. The number of hydrogen-bond donors (Lipinski definition) is 3. The Labute approximate surface area is 174 Å². The Balaban J connectivity index is 1.95. The average Bonchev–Trinajstić information content (AvgIpc) is 3.30. The molecule has 2 aromatic heterocycles. The number of nitrogens with one attached hydrogen (secondary N) is 1. The van der Waals surface area contributed by atoms with Gasteiger partial charge in [0.15, 0.2) is 11.5 Å². The minimum Gasteiger partial charge on any atom is -0.503 e. The second kappa shape index (κ2) is 8.06. The molecule has 4 aromatic rings. The fourth-order valence-electron chi connectivity index (χ4n) is 3.85. The fraction of sp³-hybridized carbons (Fsp3) is 0.250. The van der Waals surface area contributed by atoms with Gasteiger partial charge in [0, 0.05) is 6.42 Å². The summed E-state index contributed by atoms with van der Waals surface area (Å²) < 4.78 is 1.54. The molecule has 154 valence electrons. The Kier molecular flexibility index (Phi) is 5.31. The van der Waals surface area contributed by atoms with Gasteiger partial charge in [0.2, 0.25) is 5.88 Å². The lowest BCUT2D eigenvalue weighted by atomic mass is 9.99. The monoisotopic (exact) mass is 403 g/mol. The average molecular weight is 403 g/mol. The number of imidazole rings is 1. The topological polar surface area (TPSA) is 91.1 Å². The molecule has 3 N–H and O–H groups in total. The molecule has 0 aliphatic rings. The lowest BCUT2D eigenvalue weighted by molar-refractivity contribution is 0.0977. The molecule has 4 rings (SSSR count). The smallest absolute Gasteiger partial charge is 0.240 e. The van der Waals surface area contributed by atoms with Crippen LogP contribution in [0.1, 0.15) is 48.5 Å². The van der Waals surface area contributed by atoms with Gasteiger partial charge in [0.1, 0.15) is 0 Å². The highest BCUT2D eigenvalue weighted by atomic mass is 16.3. The molecule has 0 atom stereocenters. The summed E-state index contributed by atoms with van der Waals surface area (Å²) in [4.78, 5) is 20.4. The number of nitrogens with zero attached hydrogens (tertiary/aromatic N) is 2. The first-order valence-corrected chi connectivity index (χ1v) is 10.2. The number of unbranched alkanes of at least 4 members (excludes halogenated alkanes) is 2. The van der Waals surface area contributed by atoms with Crippen LogP contribution in [0.3, 0.4) is 0 Å². The Bertz CT molecular complexity index is 1220. The third-order valence-corrected chi connectivity index (χ3v) is 5.36. The lowest BCUT2D eigenvalue weighted by Crippen LogP contribution is -2.04. The molecule has 0 fully saturated rings. The second-order valence-electron chi connectivity index (χ2n) is 7.58. The molecule has 0 saturated heterocycles. The van der Waals surface area contributed by atoms with Gasteiger partial charge in [-0.1, -0.05) is 43.5 Å². The second-order valence-corrected chi connectivity index (χ2v) is 7.58. The van der Waals surface area contributed by atoms with Crippen molar-refractivity contribution < 1.29 is 15.0 Å². The zero-order chi connectivity index (χ0) is 21.3. The van der Waals surface area contributed by atoms with E-state index in [1.165, 1.54) is 4.57 Å². The van der Waals surface area contributed by atoms with Gasteiger partial charge >= 0.3 is 0 Å². The number of aromatic amines is 1. The van der Waals surface area contributed by atoms with E-state index in [1.54, 1.807) is 6.33 Å². The molecule has 0 amide bonds. The summed E-state index contributed by atoms with van der Waals surface area (Å²) in [6.45, 7) is 4.05. The largest absolute Gasteiger partial charge is 0.503 e. The van der Waals surface area contributed by atoms with Crippen molar-refractivity contribution in [3.8, 4) is 28.6 Å². The number of Topliss-reactive ketones (excluding diaryl/α,β-unsaturated/α-hetero) is 1. The predicted octanol–water partition coefficient (Wildman–Crippen LogP) is 5.50. The van der Waals surface area contributed by atoms with E-state index in [0.29, 0.717) is 17.8 Å². The van der Waals surface area contributed by atoms with Crippen molar-refractivity contribution in [2.24, 2.45) is 0 Å². The SMILES string of the molecule is CCCCCC(=O)c1c(O)c(O)n(-c2ccc3nc[nH]c3c2)c1-c1cccc(C)c1. The summed E-state index contributed by atoms with van der Waals surface area (Å²) in [5.74, 6) is -0.893. The first kappa shape index (κ1) is 19.8. The molecule has 0 radical (unpaired) electrons. The zero-order valence-electron chi connectivity index (χ0n) is 17.1. The van der Waals surface area contributed by atoms with Crippen LogP contribution in [-0.4, -0.2) is 30.5 Å². The highest BCUT2D eigenvalue weighted by molar-refractivity contribution is 6.06. The van der Waals surface area contributed by atoms with Crippen LogP contribution in [-0.2, 0) is 0 Å². The fourth-order valence-corrected chi connectivity index (χ4v) is 3.85. The van der Waals surface area contributed by atoms with Crippen LogP contribution < -0.4 is 0 Å². The number of hydrogen-bond acceptors (Lipinski definition) is 4.